The zero-order valence-corrected chi connectivity index (χ0v) is 10.4. The first-order chi connectivity index (χ1) is 7.91. The Labute approximate surface area is 99.3 Å². The monoisotopic (exact) mass is 234 g/mol. The van der Waals surface area contributed by atoms with Gasteiger partial charge in [-0.15, -0.1) is 0 Å². The van der Waals surface area contributed by atoms with E-state index < -0.39 is 0 Å². The van der Waals surface area contributed by atoms with Gasteiger partial charge in [-0.25, -0.2) is 9.82 Å². The van der Waals surface area contributed by atoms with E-state index in [2.05, 4.69) is 35.6 Å². The van der Waals surface area contributed by atoms with Crippen molar-refractivity contribution in [3.05, 3.63) is 28.9 Å². The lowest BCUT2D eigenvalue weighted by atomic mass is 9.96. The molecule has 0 bridgehead atoms. The number of nitrogens with zero attached hydrogens (tertiary/aromatic N) is 2. The number of H-pyrrole nitrogens is 1. The third kappa shape index (κ3) is 2.13. The van der Waals surface area contributed by atoms with Crippen LogP contribution < -0.4 is 0 Å². The molecular weight excluding hydrogens is 218 g/mol. The van der Waals surface area contributed by atoms with Gasteiger partial charge in [-0.2, -0.15) is 0 Å². The van der Waals surface area contributed by atoms with Crippen molar-refractivity contribution < 1.29 is 9.76 Å². The highest BCUT2D eigenvalue weighted by Gasteiger charge is 2.20. The quantitative estimate of drug-likeness (QED) is 0.813. The minimum atomic E-state index is -0.0441. The average Bonchev–Trinajstić information content (AvgIpc) is 2.70. The van der Waals surface area contributed by atoms with Gasteiger partial charge in [-0.3, -0.25) is 0 Å². The van der Waals surface area contributed by atoms with Crippen LogP contribution in [-0.4, -0.2) is 22.0 Å². The van der Waals surface area contributed by atoms with E-state index in [4.69, 9.17) is 0 Å². The Kier molecular flexibility index (Phi) is 2.61. The van der Waals surface area contributed by atoms with Crippen LogP contribution in [0.1, 0.15) is 26.6 Å². The molecule has 90 valence electrons. The molecule has 1 aromatic heterocycles. The number of aromatic nitrogens is 2. The fraction of sp³-hybridized carbons (Fsp3) is 0.417. The first kappa shape index (κ1) is 11.6. The number of hydrogen-bond acceptors (Lipinski definition) is 3. The van der Waals surface area contributed by atoms with Crippen molar-refractivity contribution in [2.45, 2.75) is 26.2 Å². The molecule has 0 spiro atoms. The summed E-state index contributed by atoms with van der Waals surface area (Å²) in [7, 11) is 1.34. The summed E-state index contributed by atoms with van der Waals surface area (Å²) in [6, 6.07) is 5.22. The zero-order valence-electron chi connectivity index (χ0n) is 10.4. The second-order valence-electron chi connectivity index (χ2n) is 4.98. The molecule has 0 fully saturated rings. The van der Waals surface area contributed by atoms with Crippen molar-refractivity contribution >= 4 is 16.7 Å². The lowest BCUT2D eigenvalue weighted by Crippen LogP contribution is -2.12. The number of nitrogens with one attached hydrogen (secondary N) is 1. The Balaban J connectivity index is 2.52. The zero-order chi connectivity index (χ0) is 12.6. The third-order valence-electron chi connectivity index (χ3n) is 2.55. The maximum Gasteiger partial charge on any atom is 0.318 e. The van der Waals surface area contributed by atoms with Gasteiger partial charge in [0.25, 0.3) is 4.92 Å². The van der Waals surface area contributed by atoms with Crippen molar-refractivity contribution in [1.82, 2.24) is 9.97 Å². The van der Waals surface area contributed by atoms with E-state index >= 15 is 0 Å². The molecule has 0 amide bonds. The molecule has 2 aromatic rings. The van der Waals surface area contributed by atoms with Crippen molar-refractivity contribution in [2.75, 3.05) is 7.11 Å². The van der Waals surface area contributed by atoms with Crippen LogP contribution in [0.15, 0.2) is 18.2 Å². The fourth-order valence-electron chi connectivity index (χ4n) is 1.57. The standard InChI is InChI=1S/C12H16N3O2/c1-12(2,3)11-13-9-6-5-8(15(16)17-4)7-10(9)14-11/h5-7H,1-4H3,(H,13,14)/q+1. The molecule has 1 aromatic carbocycles. The predicted octanol–water partition coefficient (Wildman–Crippen LogP) is 2.83. The maximum atomic E-state index is 11.3. The smallest absolute Gasteiger partial charge is 0.318 e. The number of aromatic amines is 1. The summed E-state index contributed by atoms with van der Waals surface area (Å²) in [5, 5.41) is 0. The number of benzene rings is 1. The third-order valence-corrected chi connectivity index (χ3v) is 2.55. The summed E-state index contributed by atoms with van der Waals surface area (Å²) in [6.07, 6.45) is 0. The molecule has 1 heterocycles. The van der Waals surface area contributed by atoms with E-state index in [-0.39, 0.29) is 5.41 Å². The van der Waals surface area contributed by atoms with Crippen molar-refractivity contribution in [3.63, 3.8) is 0 Å². The van der Waals surface area contributed by atoms with Gasteiger partial charge in [0.1, 0.15) is 5.82 Å². The highest BCUT2D eigenvalue weighted by molar-refractivity contribution is 5.77. The second-order valence-corrected chi connectivity index (χ2v) is 4.98. The molecule has 0 unspecified atom stereocenters. The lowest BCUT2D eigenvalue weighted by molar-refractivity contribution is -0.736. The topological polar surface area (TPSA) is 58.0 Å². The lowest BCUT2D eigenvalue weighted by Gasteiger charge is -2.13. The van der Waals surface area contributed by atoms with Gasteiger partial charge in [0.15, 0.2) is 7.11 Å². The molecule has 5 nitrogen and oxygen atoms in total. The van der Waals surface area contributed by atoms with E-state index in [0.717, 1.165) is 16.9 Å². The molecule has 2 rings (SSSR count). The van der Waals surface area contributed by atoms with Crippen molar-refractivity contribution in [2.24, 2.45) is 0 Å². The first-order valence-electron chi connectivity index (χ1n) is 5.43. The van der Waals surface area contributed by atoms with E-state index in [1.54, 1.807) is 18.2 Å². The molecule has 0 aliphatic heterocycles. The largest absolute Gasteiger partial charge is 0.341 e. The highest BCUT2D eigenvalue weighted by atomic mass is 16.8. The SMILES string of the molecule is CO[N+](=O)c1ccc2nc(C(C)(C)C)[nH]c2c1. The number of imidazole rings is 1. The van der Waals surface area contributed by atoms with Crippen LogP contribution in [0.2, 0.25) is 0 Å². The molecule has 5 heteroatoms. The maximum absolute atomic E-state index is 11.3. The second kappa shape index (κ2) is 3.84. The summed E-state index contributed by atoms with van der Waals surface area (Å²) in [5.41, 5.74) is 2.09. The summed E-state index contributed by atoms with van der Waals surface area (Å²) < 4.78 is 0. The van der Waals surface area contributed by atoms with Crippen LogP contribution in [0.25, 0.3) is 11.0 Å². The average molecular weight is 234 g/mol. The molecule has 0 aliphatic carbocycles. The van der Waals surface area contributed by atoms with Crippen molar-refractivity contribution in [1.29, 1.82) is 0 Å². The Morgan fingerprint density at radius 1 is 1.35 bits per heavy atom. The van der Waals surface area contributed by atoms with Gasteiger partial charge in [-0.1, -0.05) is 20.8 Å². The minimum Gasteiger partial charge on any atom is -0.341 e. The van der Waals surface area contributed by atoms with Crippen molar-refractivity contribution in [3.8, 4) is 0 Å². The van der Waals surface area contributed by atoms with Gasteiger partial charge >= 0.3 is 5.69 Å². The molecule has 0 radical (unpaired) electrons. The van der Waals surface area contributed by atoms with E-state index in [9.17, 15) is 4.91 Å². The Morgan fingerprint density at radius 2 is 2.06 bits per heavy atom. The van der Waals surface area contributed by atoms with Gasteiger partial charge < -0.3 is 4.98 Å². The van der Waals surface area contributed by atoms with E-state index in [1.165, 1.54) is 7.11 Å². The summed E-state index contributed by atoms with van der Waals surface area (Å²) in [4.78, 5) is 24.1. The number of hydrogen-bond donors (Lipinski definition) is 1. The minimum absolute atomic E-state index is 0.0441. The van der Waals surface area contributed by atoms with E-state index in [1.807, 2.05) is 0 Å². The molecular formula is C12H16N3O2+. The molecule has 0 atom stereocenters. The Morgan fingerprint density at radius 3 is 2.65 bits per heavy atom. The number of fused-ring (bicyclic) bond motifs is 1. The van der Waals surface area contributed by atoms with Crippen LogP contribution in [0, 0.1) is 4.91 Å². The van der Waals surface area contributed by atoms with Gasteiger partial charge in [0.05, 0.1) is 15.9 Å². The normalized spacial score (nSPS) is 11.8. The predicted molar refractivity (Wildman–Crippen MR) is 65.1 cm³/mol. The Bertz CT molecular complexity index is 567. The molecule has 0 saturated carbocycles. The molecule has 0 aliphatic rings. The first-order valence-corrected chi connectivity index (χ1v) is 5.43. The van der Waals surface area contributed by atoms with E-state index in [0.29, 0.717) is 10.6 Å². The molecule has 17 heavy (non-hydrogen) atoms. The highest BCUT2D eigenvalue weighted by Crippen LogP contribution is 2.24. The van der Waals surface area contributed by atoms with Gasteiger partial charge in [0, 0.05) is 17.5 Å². The van der Waals surface area contributed by atoms with Gasteiger partial charge in [-0.05, 0) is 6.07 Å². The molecule has 0 saturated heterocycles. The Hall–Kier alpha value is -1.91. The summed E-state index contributed by atoms with van der Waals surface area (Å²) in [5.74, 6) is 0.902. The fourth-order valence-corrected chi connectivity index (χ4v) is 1.57. The van der Waals surface area contributed by atoms with Crippen LogP contribution in [0.3, 0.4) is 0 Å². The van der Waals surface area contributed by atoms with Crippen LogP contribution in [-0.2, 0) is 10.3 Å². The summed E-state index contributed by atoms with van der Waals surface area (Å²) >= 11 is 0. The van der Waals surface area contributed by atoms with Crippen LogP contribution >= 0.6 is 0 Å². The van der Waals surface area contributed by atoms with Crippen LogP contribution in [0.5, 0.6) is 0 Å². The van der Waals surface area contributed by atoms with Crippen LogP contribution in [0.4, 0.5) is 5.69 Å². The summed E-state index contributed by atoms with van der Waals surface area (Å²) in [6.45, 7) is 6.25. The molecule has 1 N–H and O–H groups in total. The number of rotatable bonds is 2. The van der Waals surface area contributed by atoms with Gasteiger partial charge in [0.2, 0.25) is 0 Å².